The van der Waals surface area contributed by atoms with Gasteiger partial charge in [0.25, 0.3) is 5.91 Å². The Morgan fingerprint density at radius 1 is 0.925 bits per heavy atom. The number of carbonyl (C=O) groups excluding carboxylic acids is 1. The molecule has 0 radical (unpaired) electrons. The minimum atomic E-state index is -3.85. The minimum absolute atomic E-state index is 0.0314. The van der Waals surface area contributed by atoms with Gasteiger partial charge in [-0.2, -0.15) is 8.78 Å². The molecule has 0 spiro atoms. The van der Waals surface area contributed by atoms with Crippen molar-refractivity contribution >= 4 is 22.9 Å². The van der Waals surface area contributed by atoms with Crippen LogP contribution in [0.2, 0.25) is 0 Å². The zero-order valence-corrected chi connectivity index (χ0v) is 21.7. The van der Waals surface area contributed by atoms with Crippen LogP contribution < -0.4 is 0 Å². The molecule has 1 N–H and O–H groups in total. The predicted molar refractivity (Wildman–Crippen MR) is 145 cm³/mol. The summed E-state index contributed by atoms with van der Waals surface area (Å²) >= 11 is 0. The van der Waals surface area contributed by atoms with E-state index in [1.807, 2.05) is 23.1 Å². The van der Waals surface area contributed by atoms with Crippen LogP contribution >= 0.6 is 0 Å². The predicted octanol–water partition coefficient (Wildman–Crippen LogP) is 6.50. The van der Waals surface area contributed by atoms with Gasteiger partial charge in [-0.15, -0.1) is 0 Å². The molecule has 0 bridgehead atoms. The average Bonchev–Trinajstić information content (AvgIpc) is 2.97. The molecule has 2 heterocycles. The average molecular weight is 548 g/mol. The summed E-state index contributed by atoms with van der Waals surface area (Å²) in [5, 5.41) is 8.75. The van der Waals surface area contributed by atoms with Crippen molar-refractivity contribution in [1.29, 1.82) is 0 Å². The maximum absolute atomic E-state index is 13.7. The number of halogens is 3. The van der Waals surface area contributed by atoms with Crippen molar-refractivity contribution in [3.8, 4) is 11.3 Å². The second kappa shape index (κ2) is 11.5. The number of carboxylic acids is 1. The molecule has 3 aromatic carbocycles. The van der Waals surface area contributed by atoms with Gasteiger partial charge in [0.1, 0.15) is 5.82 Å². The van der Waals surface area contributed by atoms with Crippen LogP contribution in [-0.2, 0) is 11.2 Å². The molecule has 40 heavy (non-hydrogen) atoms. The maximum Gasteiger partial charge on any atom is 0.374 e. The molecule has 0 saturated carbocycles. The maximum atomic E-state index is 13.7. The molecule has 1 amide bonds. The highest BCUT2D eigenvalue weighted by Crippen LogP contribution is 2.30. The van der Waals surface area contributed by atoms with Crippen LogP contribution in [0.1, 0.15) is 53.2 Å². The number of aliphatic carboxylic acids is 1. The second-order valence-corrected chi connectivity index (χ2v) is 10.1. The second-order valence-electron chi connectivity index (χ2n) is 10.1. The topological polar surface area (TPSA) is 83.4 Å². The van der Waals surface area contributed by atoms with Crippen molar-refractivity contribution in [3.05, 3.63) is 95.4 Å². The molecule has 6 nitrogen and oxygen atoms in total. The summed E-state index contributed by atoms with van der Waals surface area (Å²) in [4.78, 5) is 35.3. The highest BCUT2D eigenvalue weighted by atomic mass is 19.3. The van der Waals surface area contributed by atoms with Crippen molar-refractivity contribution < 1.29 is 27.9 Å². The number of aryl methyl sites for hydroxylation is 1. The van der Waals surface area contributed by atoms with E-state index in [0.717, 1.165) is 12.8 Å². The number of piperidine rings is 1. The molecular weight excluding hydrogens is 519 g/mol. The highest BCUT2D eigenvalue weighted by molar-refractivity contribution is 5.97. The van der Waals surface area contributed by atoms with E-state index in [1.54, 1.807) is 18.2 Å². The summed E-state index contributed by atoms with van der Waals surface area (Å²) in [7, 11) is 0. The number of benzene rings is 3. The standard InChI is InChI=1S/C31H28F3N3O3/c32-24-11-8-22(9-12-24)28-26(7-4-16-31(33,34)30(39)40)35-27-19-23(10-13-25(27)36-28)29(38)37-17-14-21(15-18-37)20-5-2-1-3-6-20/h1-3,5-6,8-13,19,21H,4,7,14-18H2,(H,39,40). The number of aromatic nitrogens is 2. The molecule has 1 fully saturated rings. The zero-order chi connectivity index (χ0) is 28.3. The Hall–Kier alpha value is -4.27. The minimum Gasteiger partial charge on any atom is -0.477 e. The van der Waals surface area contributed by atoms with E-state index in [-0.39, 0.29) is 18.7 Å². The van der Waals surface area contributed by atoms with E-state index in [9.17, 15) is 22.8 Å². The van der Waals surface area contributed by atoms with E-state index in [4.69, 9.17) is 5.11 Å². The first-order chi connectivity index (χ1) is 19.2. The van der Waals surface area contributed by atoms with Gasteiger partial charge in [0.2, 0.25) is 0 Å². The third-order valence-corrected chi connectivity index (χ3v) is 7.37. The van der Waals surface area contributed by atoms with E-state index in [2.05, 4.69) is 22.1 Å². The van der Waals surface area contributed by atoms with Crippen LogP contribution in [0.4, 0.5) is 13.2 Å². The zero-order valence-electron chi connectivity index (χ0n) is 21.7. The number of carboxylic acid groups (broad SMARTS) is 1. The molecule has 5 rings (SSSR count). The van der Waals surface area contributed by atoms with E-state index in [1.165, 1.54) is 29.8 Å². The number of amides is 1. The first-order valence-electron chi connectivity index (χ1n) is 13.2. The van der Waals surface area contributed by atoms with Crippen LogP contribution in [0, 0.1) is 5.82 Å². The molecule has 0 aliphatic carbocycles. The van der Waals surface area contributed by atoms with Gasteiger partial charge in [0.05, 0.1) is 22.4 Å². The fraction of sp³-hybridized carbons (Fsp3) is 0.290. The summed E-state index contributed by atoms with van der Waals surface area (Å²) in [5.41, 5.74) is 3.98. The van der Waals surface area contributed by atoms with Crippen molar-refractivity contribution in [2.75, 3.05) is 13.1 Å². The van der Waals surface area contributed by atoms with Crippen LogP contribution in [-0.4, -0.2) is 50.9 Å². The molecule has 206 valence electrons. The van der Waals surface area contributed by atoms with E-state index < -0.39 is 24.1 Å². The summed E-state index contributed by atoms with van der Waals surface area (Å²) < 4.78 is 40.9. The lowest BCUT2D eigenvalue weighted by molar-refractivity contribution is -0.165. The molecule has 1 aliphatic heterocycles. The number of alkyl halides is 2. The van der Waals surface area contributed by atoms with Gasteiger partial charge in [0, 0.05) is 30.6 Å². The molecule has 0 unspecified atom stereocenters. The number of rotatable bonds is 8. The van der Waals surface area contributed by atoms with Gasteiger partial charge in [-0.25, -0.2) is 19.2 Å². The first-order valence-corrected chi connectivity index (χ1v) is 13.2. The van der Waals surface area contributed by atoms with Crippen LogP contribution in [0.15, 0.2) is 72.8 Å². The van der Waals surface area contributed by atoms with Gasteiger partial charge in [-0.05, 0) is 79.6 Å². The highest BCUT2D eigenvalue weighted by Gasteiger charge is 2.38. The lowest BCUT2D eigenvalue weighted by Gasteiger charge is -2.32. The number of likely N-dealkylation sites (tertiary alicyclic amines) is 1. The Morgan fingerprint density at radius 2 is 1.62 bits per heavy atom. The Morgan fingerprint density at radius 3 is 2.30 bits per heavy atom. The summed E-state index contributed by atoms with van der Waals surface area (Å²) in [6, 6.07) is 20.9. The molecule has 4 aromatic rings. The lowest BCUT2D eigenvalue weighted by Crippen LogP contribution is -2.37. The quantitative estimate of drug-likeness (QED) is 0.272. The SMILES string of the molecule is O=C(c1ccc2nc(-c3ccc(F)cc3)c(CCCC(F)(F)C(=O)O)nc2c1)N1CCC(c2ccccc2)CC1. The number of fused-ring (bicyclic) bond motifs is 1. The normalized spacial score (nSPS) is 14.4. The third kappa shape index (κ3) is 5.98. The Bertz CT molecular complexity index is 1520. The summed E-state index contributed by atoms with van der Waals surface area (Å²) in [5.74, 6) is -6.16. The van der Waals surface area contributed by atoms with Gasteiger partial charge < -0.3 is 10.0 Å². The fourth-order valence-corrected chi connectivity index (χ4v) is 5.15. The first kappa shape index (κ1) is 27.3. The van der Waals surface area contributed by atoms with Crippen molar-refractivity contribution in [2.24, 2.45) is 0 Å². The molecular formula is C31H28F3N3O3. The van der Waals surface area contributed by atoms with Crippen molar-refractivity contribution in [3.63, 3.8) is 0 Å². The number of carbonyl (C=O) groups is 2. The molecule has 1 aliphatic rings. The molecule has 1 saturated heterocycles. The molecule has 9 heteroatoms. The van der Waals surface area contributed by atoms with Crippen LogP contribution in [0.3, 0.4) is 0 Å². The monoisotopic (exact) mass is 547 g/mol. The Kier molecular flexibility index (Phi) is 7.82. The molecule has 0 atom stereocenters. The number of hydrogen-bond acceptors (Lipinski definition) is 4. The van der Waals surface area contributed by atoms with Crippen LogP contribution in [0.25, 0.3) is 22.3 Å². The largest absolute Gasteiger partial charge is 0.477 e. The molecule has 1 aromatic heterocycles. The van der Waals surface area contributed by atoms with E-state index in [0.29, 0.717) is 52.6 Å². The van der Waals surface area contributed by atoms with Gasteiger partial charge >= 0.3 is 11.9 Å². The van der Waals surface area contributed by atoms with Gasteiger partial charge in [0.15, 0.2) is 0 Å². The fourth-order valence-electron chi connectivity index (χ4n) is 5.15. The van der Waals surface area contributed by atoms with Crippen molar-refractivity contribution in [1.82, 2.24) is 14.9 Å². The number of hydrogen-bond donors (Lipinski definition) is 1. The van der Waals surface area contributed by atoms with Crippen molar-refractivity contribution in [2.45, 2.75) is 43.9 Å². The Balaban J connectivity index is 1.39. The third-order valence-electron chi connectivity index (χ3n) is 7.37. The summed E-state index contributed by atoms with van der Waals surface area (Å²) in [6.07, 6.45) is 0.763. The Labute approximate surface area is 229 Å². The smallest absolute Gasteiger partial charge is 0.374 e. The van der Waals surface area contributed by atoms with Gasteiger partial charge in [-0.1, -0.05) is 30.3 Å². The van der Waals surface area contributed by atoms with Crippen LogP contribution in [0.5, 0.6) is 0 Å². The lowest BCUT2D eigenvalue weighted by atomic mass is 9.89. The number of nitrogens with zero attached hydrogens (tertiary/aromatic N) is 3. The summed E-state index contributed by atoms with van der Waals surface area (Å²) in [6.45, 7) is 1.27. The van der Waals surface area contributed by atoms with E-state index >= 15 is 0 Å². The van der Waals surface area contributed by atoms with Gasteiger partial charge in [-0.3, -0.25) is 4.79 Å².